The minimum Gasteiger partial charge on any atom is -0.462 e. The lowest BCUT2D eigenvalue weighted by Crippen LogP contribution is -2.16. The summed E-state index contributed by atoms with van der Waals surface area (Å²) in [4.78, 5) is 23.9. The molecular weight excluding hydrogens is 244 g/mol. The summed E-state index contributed by atoms with van der Waals surface area (Å²) in [5.41, 5.74) is 1.21. The van der Waals surface area contributed by atoms with Crippen molar-refractivity contribution >= 4 is 11.9 Å². The molecule has 4 nitrogen and oxygen atoms in total. The SMILES string of the molecule is C=CCc1cccc(C(=O)OCC)c1C(=O)OCC. The topological polar surface area (TPSA) is 52.6 Å². The number of rotatable bonds is 6. The lowest BCUT2D eigenvalue weighted by Gasteiger charge is -2.12. The van der Waals surface area contributed by atoms with Crippen molar-refractivity contribution in [2.75, 3.05) is 13.2 Å². The summed E-state index contributed by atoms with van der Waals surface area (Å²) in [5, 5.41) is 0. The minimum atomic E-state index is -0.517. The number of hydrogen-bond acceptors (Lipinski definition) is 4. The maximum atomic E-state index is 12.0. The molecule has 0 spiro atoms. The van der Waals surface area contributed by atoms with Crippen molar-refractivity contribution in [2.45, 2.75) is 20.3 Å². The number of carbonyl (C=O) groups excluding carboxylic acids is 2. The van der Waals surface area contributed by atoms with Gasteiger partial charge >= 0.3 is 11.9 Å². The predicted molar refractivity (Wildman–Crippen MR) is 72.3 cm³/mol. The van der Waals surface area contributed by atoms with Gasteiger partial charge in [-0.05, 0) is 31.9 Å². The molecule has 0 saturated carbocycles. The molecule has 0 fully saturated rings. The van der Waals surface area contributed by atoms with Crippen LogP contribution in [0.2, 0.25) is 0 Å². The number of carbonyl (C=O) groups is 2. The average Bonchev–Trinajstić information content (AvgIpc) is 2.39. The van der Waals surface area contributed by atoms with Crippen LogP contribution in [0, 0.1) is 0 Å². The normalized spacial score (nSPS) is 9.79. The van der Waals surface area contributed by atoms with Gasteiger partial charge in [0, 0.05) is 0 Å². The van der Waals surface area contributed by atoms with Crippen molar-refractivity contribution in [2.24, 2.45) is 0 Å². The van der Waals surface area contributed by atoms with Gasteiger partial charge < -0.3 is 9.47 Å². The minimum absolute atomic E-state index is 0.236. The second-order valence-corrected chi connectivity index (χ2v) is 3.77. The fourth-order valence-corrected chi connectivity index (χ4v) is 1.75. The van der Waals surface area contributed by atoms with Gasteiger partial charge in [0.2, 0.25) is 0 Å². The van der Waals surface area contributed by atoms with Gasteiger partial charge in [0.25, 0.3) is 0 Å². The zero-order chi connectivity index (χ0) is 14.3. The van der Waals surface area contributed by atoms with Crippen LogP contribution in [0.4, 0.5) is 0 Å². The molecule has 1 aromatic carbocycles. The first-order valence-electron chi connectivity index (χ1n) is 6.22. The second-order valence-electron chi connectivity index (χ2n) is 3.77. The first-order valence-corrected chi connectivity index (χ1v) is 6.22. The van der Waals surface area contributed by atoms with Crippen molar-refractivity contribution in [1.82, 2.24) is 0 Å². The summed E-state index contributed by atoms with van der Waals surface area (Å²) in [7, 11) is 0. The summed E-state index contributed by atoms with van der Waals surface area (Å²) in [5.74, 6) is -1.03. The molecule has 0 heterocycles. The van der Waals surface area contributed by atoms with Gasteiger partial charge in [-0.1, -0.05) is 18.2 Å². The molecule has 1 aromatic rings. The Bertz CT molecular complexity index is 477. The second kappa shape index (κ2) is 7.36. The highest BCUT2D eigenvalue weighted by Crippen LogP contribution is 2.18. The molecule has 0 saturated heterocycles. The Kier molecular flexibility index (Phi) is 5.79. The fourth-order valence-electron chi connectivity index (χ4n) is 1.75. The number of benzene rings is 1. The molecule has 102 valence electrons. The number of allylic oxidation sites excluding steroid dienone is 1. The van der Waals surface area contributed by atoms with E-state index in [0.29, 0.717) is 12.0 Å². The molecule has 0 atom stereocenters. The van der Waals surface area contributed by atoms with Crippen LogP contribution in [0.15, 0.2) is 30.9 Å². The van der Waals surface area contributed by atoms with E-state index < -0.39 is 11.9 Å². The van der Waals surface area contributed by atoms with E-state index in [2.05, 4.69) is 6.58 Å². The lowest BCUT2D eigenvalue weighted by atomic mass is 9.98. The van der Waals surface area contributed by atoms with Gasteiger partial charge in [-0.3, -0.25) is 0 Å². The summed E-state index contributed by atoms with van der Waals surface area (Å²) >= 11 is 0. The molecule has 0 unspecified atom stereocenters. The monoisotopic (exact) mass is 262 g/mol. The Morgan fingerprint density at radius 3 is 2.37 bits per heavy atom. The van der Waals surface area contributed by atoms with Crippen LogP contribution in [0.5, 0.6) is 0 Å². The van der Waals surface area contributed by atoms with Crippen LogP contribution in [-0.2, 0) is 15.9 Å². The molecule has 1 rings (SSSR count). The Morgan fingerprint density at radius 1 is 1.16 bits per heavy atom. The third kappa shape index (κ3) is 3.68. The number of esters is 2. The molecule has 0 amide bonds. The van der Waals surface area contributed by atoms with Crippen LogP contribution in [0.25, 0.3) is 0 Å². The van der Waals surface area contributed by atoms with Crippen molar-refractivity contribution < 1.29 is 19.1 Å². The average molecular weight is 262 g/mol. The highest BCUT2D eigenvalue weighted by atomic mass is 16.5. The Labute approximate surface area is 113 Å². The highest BCUT2D eigenvalue weighted by Gasteiger charge is 2.22. The van der Waals surface area contributed by atoms with Crippen LogP contribution < -0.4 is 0 Å². The zero-order valence-corrected chi connectivity index (χ0v) is 11.3. The lowest BCUT2D eigenvalue weighted by molar-refractivity contribution is 0.0478. The molecule has 4 heteroatoms. The molecule has 0 radical (unpaired) electrons. The summed E-state index contributed by atoms with van der Waals surface area (Å²) in [6.07, 6.45) is 2.16. The van der Waals surface area contributed by atoms with E-state index in [1.54, 1.807) is 38.1 Å². The summed E-state index contributed by atoms with van der Waals surface area (Å²) < 4.78 is 9.96. The van der Waals surface area contributed by atoms with Crippen molar-refractivity contribution in [1.29, 1.82) is 0 Å². The molecule has 19 heavy (non-hydrogen) atoms. The quantitative estimate of drug-likeness (QED) is 0.584. The van der Waals surface area contributed by atoms with Crippen molar-refractivity contribution in [3.05, 3.63) is 47.5 Å². The third-order valence-corrected chi connectivity index (χ3v) is 2.49. The smallest absolute Gasteiger partial charge is 0.339 e. The first kappa shape index (κ1) is 15.0. The molecule has 0 aromatic heterocycles. The van der Waals surface area contributed by atoms with E-state index in [-0.39, 0.29) is 24.3 Å². The molecule has 0 bridgehead atoms. The Morgan fingerprint density at radius 2 is 1.79 bits per heavy atom. The maximum absolute atomic E-state index is 12.0. The van der Waals surface area contributed by atoms with Gasteiger partial charge in [0.15, 0.2) is 0 Å². The van der Waals surface area contributed by atoms with E-state index >= 15 is 0 Å². The zero-order valence-electron chi connectivity index (χ0n) is 11.3. The summed E-state index contributed by atoms with van der Waals surface area (Å²) in [6.45, 7) is 7.59. The molecule has 0 aliphatic carbocycles. The Hall–Kier alpha value is -2.10. The Balaban J connectivity index is 3.28. The molecule has 0 N–H and O–H groups in total. The largest absolute Gasteiger partial charge is 0.462 e. The first-order chi connectivity index (χ1) is 9.15. The fraction of sp³-hybridized carbons (Fsp3) is 0.333. The van der Waals surface area contributed by atoms with E-state index in [0.717, 1.165) is 0 Å². The highest BCUT2D eigenvalue weighted by molar-refractivity contribution is 6.04. The standard InChI is InChI=1S/C15H18O4/c1-4-8-11-9-7-10-12(14(16)18-5-2)13(11)15(17)19-6-3/h4,7,9-10H,1,5-6,8H2,2-3H3. The van der Waals surface area contributed by atoms with Gasteiger partial charge in [-0.25, -0.2) is 9.59 Å². The summed E-state index contributed by atoms with van der Waals surface area (Å²) in [6, 6.07) is 5.06. The van der Waals surface area contributed by atoms with Crippen LogP contribution in [0.1, 0.15) is 40.1 Å². The number of ether oxygens (including phenoxy) is 2. The van der Waals surface area contributed by atoms with Crippen molar-refractivity contribution in [3.8, 4) is 0 Å². The van der Waals surface area contributed by atoms with Gasteiger partial charge in [0.1, 0.15) is 0 Å². The maximum Gasteiger partial charge on any atom is 0.339 e. The van der Waals surface area contributed by atoms with Gasteiger partial charge in [-0.15, -0.1) is 6.58 Å². The van der Waals surface area contributed by atoms with E-state index in [9.17, 15) is 9.59 Å². The van der Waals surface area contributed by atoms with Crippen LogP contribution >= 0.6 is 0 Å². The van der Waals surface area contributed by atoms with E-state index in [1.165, 1.54) is 0 Å². The predicted octanol–water partition coefficient (Wildman–Crippen LogP) is 2.77. The molecule has 0 aliphatic rings. The van der Waals surface area contributed by atoms with E-state index in [1.807, 2.05) is 0 Å². The van der Waals surface area contributed by atoms with Crippen LogP contribution in [0.3, 0.4) is 0 Å². The van der Waals surface area contributed by atoms with Gasteiger partial charge in [0.05, 0.1) is 24.3 Å². The van der Waals surface area contributed by atoms with Crippen LogP contribution in [-0.4, -0.2) is 25.2 Å². The van der Waals surface area contributed by atoms with Crippen molar-refractivity contribution in [3.63, 3.8) is 0 Å². The third-order valence-electron chi connectivity index (χ3n) is 2.49. The molecule has 0 aliphatic heterocycles. The molecular formula is C15H18O4. The van der Waals surface area contributed by atoms with E-state index in [4.69, 9.17) is 9.47 Å². The number of hydrogen-bond donors (Lipinski definition) is 0. The van der Waals surface area contributed by atoms with Gasteiger partial charge in [-0.2, -0.15) is 0 Å².